The number of anilines is 1. The number of hydrogen-bond donors (Lipinski definition) is 1. The summed E-state index contributed by atoms with van der Waals surface area (Å²) in [4.78, 5) is 17.5. The van der Waals surface area contributed by atoms with Crippen molar-refractivity contribution < 1.29 is 4.79 Å². The standard InChI is InChI=1S/C24H21ClN4O/c1-15-7-9-18(10-8-15)23-27-22(28-29(23)20-13-11-19(25)12-14-20)24(30)26-21-6-4-5-16(2)17(21)3/h4-14H,1-3H3,(H,26,30). The smallest absolute Gasteiger partial charge is 0.295 e. The molecule has 1 aromatic heterocycles. The zero-order valence-corrected chi connectivity index (χ0v) is 17.7. The maximum Gasteiger partial charge on any atom is 0.295 e. The summed E-state index contributed by atoms with van der Waals surface area (Å²) in [7, 11) is 0. The summed E-state index contributed by atoms with van der Waals surface area (Å²) in [5.74, 6) is 0.328. The van der Waals surface area contributed by atoms with E-state index in [-0.39, 0.29) is 11.7 Å². The zero-order valence-electron chi connectivity index (χ0n) is 17.0. The Kier molecular flexibility index (Phi) is 5.38. The highest BCUT2D eigenvalue weighted by Gasteiger charge is 2.19. The molecule has 0 aliphatic heterocycles. The Morgan fingerprint density at radius 1 is 0.933 bits per heavy atom. The van der Waals surface area contributed by atoms with Crippen molar-refractivity contribution in [3.05, 3.63) is 94.3 Å². The van der Waals surface area contributed by atoms with E-state index in [0.29, 0.717) is 10.8 Å². The van der Waals surface area contributed by atoms with Crippen molar-refractivity contribution in [2.45, 2.75) is 20.8 Å². The maximum absolute atomic E-state index is 12.9. The number of aromatic nitrogens is 3. The predicted molar refractivity (Wildman–Crippen MR) is 120 cm³/mol. The van der Waals surface area contributed by atoms with E-state index in [2.05, 4.69) is 15.4 Å². The van der Waals surface area contributed by atoms with E-state index < -0.39 is 0 Å². The van der Waals surface area contributed by atoms with Gasteiger partial charge in [0.05, 0.1) is 5.69 Å². The summed E-state index contributed by atoms with van der Waals surface area (Å²) in [6.45, 7) is 6.01. The quantitative estimate of drug-likeness (QED) is 0.459. The number of halogens is 1. The van der Waals surface area contributed by atoms with Crippen molar-refractivity contribution in [1.82, 2.24) is 14.8 Å². The van der Waals surface area contributed by atoms with Crippen molar-refractivity contribution in [2.75, 3.05) is 5.32 Å². The molecular weight excluding hydrogens is 396 g/mol. The molecule has 0 radical (unpaired) electrons. The third-order valence-electron chi connectivity index (χ3n) is 5.04. The van der Waals surface area contributed by atoms with Crippen LogP contribution in [0, 0.1) is 20.8 Å². The maximum atomic E-state index is 12.9. The molecule has 0 unspecified atom stereocenters. The van der Waals surface area contributed by atoms with Crippen LogP contribution < -0.4 is 5.32 Å². The molecule has 3 aromatic carbocycles. The van der Waals surface area contributed by atoms with Crippen LogP contribution in [0.2, 0.25) is 5.02 Å². The normalized spacial score (nSPS) is 10.8. The van der Waals surface area contributed by atoms with E-state index in [9.17, 15) is 4.79 Å². The lowest BCUT2D eigenvalue weighted by Crippen LogP contribution is -2.15. The molecule has 4 rings (SSSR count). The third-order valence-corrected chi connectivity index (χ3v) is 5.30. The van der Waals surface area contributed by atoms with Crippen LogP contribution in [0.15, 0.2) is 66.7 Å². The number of carbonyl (C=O) groups excluding carboxylic acids is 1. The zero-order chi connectivity index (χ0) is 21.3. The summed E-state index contributed by atoms with van der Waals surface area (Å²) in [6, 6.07) is 21.0. The Morgan fingerprint density at radius 3 is 2.33 bits per heavy atom. The second-order valence-electron chi connectivity index (χ2n) is 7.21. The average molecular weight is 417 g/mol. The number of aryl methyl sites for hydroxylation is 2. The Bertz CT molecular complexity index is 1150. The Morgan fingerprint density at radius 2 is 1.63 bits per heavy atom. The first kappa shape index (κ1) is 19.9. The van der Waals surface area contributed by atoms with Gasteiger partial charge < -0.3 is 5.32 Å². The second kappa shape index (κ2) is 8.13. The first-order valence-corrected chi connectivity index (χ1v) is 9.98. The van der Waals surface area contributed by atoms with Crippen LogP contribution >= 0.6 is 11.6 Å². The predicted octanol–water partition coefficient (Wildman–Crippen LogP) is 5.77. The molecule has 0 saturated carbocycles. The molecule has 0 spiro atoms. The average Bonchev–Trinajstić information content (AvgIpc) is 3.18. The van der Waals surface area contributed by atoms with E-state index in [1.807, 2.05) is 75.4 Å². The number of rotatable bonds is 4. The van der Waals surface area contributed by atoms with Gasteiger partial charge in [-0.3, -0.25) is 4.79 Å². The minimum Gasteiger partial charge on any atom is -0.319 e. The molecule has 0 saturated heterocycles. The van der Waals surface area contributed by atoms with Crippen LogP contribution in [0.3, 0.4) is 0 Å². The van der Waals surface area contributed by atoms with Crippen molar-refractivity contribution in [3.8, 4) is 17.1 Å². The largest absolute Gasteiger partial charge is 0.319 e. The lowest BCUT2D eigenvalue weighted by molar-refractivity contribution is 0.101. The number of carbonyl (C=O) groups is 1. The highest BCUT2D eigenvalue weighted by atomic mass is 35.5. The highest BCUT2D eigenvalue weighted by molar-refractivity contribution is 6.30. The molecular formula is C24H21ClN4O. The van der Waals surface area contributed by atoms with Crippen LogP contribution in [0.4, 0.5) is 5.69 Å². The molecule has 0 atom stereocenters. The Balaban J connectivity index is 1.76. The van der Waals surface area contributed by atoms with E-state index >= 15 is 0 Å². The highest BCUT2D eigenvalue weighted by Crippen LogP contribution is 2.24. The van der Waals surface area contributed by atoms with Crippen molar-refractivity contribution in [2.24, 2.45) is 0 Å². The lowest BCUT2D eigenvalue weighted by Gasteiger charge is -2.08. The number of amides is 1. The first-order valence-electron chi connectivity index (χ1n) is 9.60. The topological polar surface area (TPSA) is 59.8 Å². The van der Waals surface area contributed by atoms with Crippen molar-refractivity contribution in [1.29, 1.82) is 0 Å². The minimum absolute atomic E-state index is 0.0985. The Hall–Kier alpha value is -3.44. The van der Waals surface area contributed by atoms with Crippen LogP contribution in [0.1, 0.15) is 27.3 Å². The van der Waals surface area contributed by atoms with Crippen molar-refractivity contribution >= 4 is 23.2 Å². The van der Waals surface area contributed by atoms with Gasteiger partial charge in [-0.25, -0.2) is 9.67 Å². The molecule has 1 heterocycles. The van der Waals surface area contributed by atoms with E-state index in [1.54, 1.807) is 16.8 Å². The Labute approximate surface area is 180 Å². The second-order valence-corrected chi connectivity index (χ2v) is 7.65. The molecule has 1 N–H and O–H groups in total. The fourth-order valence-electron chi connectivity index (χ4n) is 3.12. The van der Waals surface area contributed by atoms with Crippen LogP contribution in [-0.4, -0.2) is 20.7 Å². The summed E-state index contributed by atoms with van der Waals surface area (Å²) in [5, 5.41) is 8.07. The molecule has 1 amide bonds. The third kappa shape index (κ3) is 3.98. The molecule has 0 bridgehead atoms. The summed E-state index contributed by atoms with van der Waals surface area (Å²) >= 11 is 6.04. The van der Waals surface area contributed by atoms with Gasteiger partial charge in [0.25, 0.3) is 5.91 Å². The number of hydrogen-bond acceptors (Lipinski definition) is 3. The van der Waals surface area contributed by atoms with E-state index in [1.165, 1.54) is 0 Å². The van der Waals surface area contributed by atoms with Gasteiger partial charge in [0.1, 0.15) is 0 Å². The minimum atomic E-state index is -0.357. The van der Waals surface area contributed by atoms with Gasteiger partial charge in [-0.1, -0.05) is 53.6 Å². The van der Waals surface area contributed by atoms with Crippen LogP contribution in [-0.2, 0) is 0 Å². The fourth-order valence-corrected chi connectivity index (χ4v) is 3.25. The first-order chi connectivity index (χ1) is 14.4. The van der Waals surface area contributed by atoms with E-state index in [0.717, 1.165) is 33.6 Å². The van der Waals surface area contributed by atoms with Gasteiger partial charge in [-0.05, 0) is 62.2 Å². The lowest BCUT2D eigenvalue weighted by atomic mass is 10.1. The van der Waals surface area contributed by atoms with Gasteiger partial charge in [-0.15, -0.1) is 5.10 Å². The summed E-state index contributed by atoms with van der Waals surface area (Å²) in [6.07, 6.45) is 0. The number of nitrogens with one attached hydrogen (secondary N) is 1. The molecule has 30 heavy (non-hydrogen) atoms. The molecule has 150 valence electrons. The fraction of sp³-hybridized carbons (Fsp3) is 0.125. The van der Waals surface area contributed by atoms with Gasteiger partial charge in [0.15, 0.2) is 5.82 Å². The number of benzene rings is 3. The molecule has 5 nitrogen and oxygen atoms in total. The van der Waals surface area contributed by atoms with Crippen LogP contribution in [0.25, 0.3) is 17.1 Å². The van der Waals surface area contributed by atoms with Gasteiger partial charge in [0, 0.05) is 16.3 Å². The molecule has 0 aliphatic rings. The molecule has 6 heteroatoms. The van der Waals surface area contributed by atoms with Crippen LogP contribution in [0.5, 0.6) is 0 Å². The van der Waals surface area contributed by atoms with Gasteiger partial charge in [-0.2, -0.15) is 0 Å². The number of nitrogens with zero attached hydrogens (tertiary/aromatic N) is 3. The molecule has 0 aliphatic carbocycles. The van der Waals surface area contributed by atoms with Gasteiger partial charge >= 0.3 is 0 Å². The molecule has 4 aromatic rings. The summed E-state index contributed by atoms with van der Waals surface area (Å²) in [5.41, 5.74) is 5.65. The SMILES string of the molecule is Cc1ccc(-c2nc(C(=O)Nc3cccc(C)c3C)nn2-c2ccc(Cl)cc2)cc1. The van der Waals surface area contributed by atoms with Crippen molar-refractivity contribution in [3.63, 3.8) is 0 Å². The molecule has 0 fully saturated rings. The van der Waals surface area contributed by atoms with E-state index in [4.69, 9.17) is 11.6 Å². The summed E-state index contributed by atoms with van der Waals surface area (Å²) < 4.78 is 1.67. The monoisotopic (exact) mass is 416 g/mol. The van der Waals surface area contributed by atoms with Gasteiger partial charge in [0.2, 0.25) is 5.82 Å².